The summed E-state index contributed by atoms with van der Waals surface area (Å²) in [4.78, 5) is 4.45. The molecule has 3 rings (SSSR count). The third kappa shape index (κ3) is 3.12. The van der Waals surface area contributed by atoms with Crippen LogP contribution < -0.4 is 11.1 Å². The van der Waals surface area contributed by atoms with E-state index in [0.29, 0.717) is 12.3 Å². The molecule has 3 aromatic heterocycles. The molecular formula is C17H21N5O. The summed E-state index contributed by atoms with van der Waals surface area (Å²) in [7, 11) is 1.68. The molecule has 3 aromatic rings. The minimum Gasteiger partial charge on any atom is -0.396 e. The topological polar surface area (TPSA) is 77.5 Å². The first-order valence-corrected chi connectivity index (χ1v) is 7.54. The van der Waals surface area contributed by atoms with Gasteiger partial charge >= 0.3 is 0 Å². The summed E-state index contributed by atoms with van der Waals surface area (Å²) in [5.41, 5.74) is 11.4. The normalized spacial score (nSPS) is 12.5. The third-order valence-corrected chi connectivity index (χ3v) is 3.65. The Kier molecular flexibility index (Phi) is 4.16. The van der Waals surface area contributed by atoms with Gasteiger partial charge in [-0.05, 0) is 43.7 Å². The van der Waals surface area contributed by atoms with E-state index in [4.69, 9.17) is 10.5 Å². The average molecular weight is 311 g/mol. The SMILES string of the molecule is COCC(C)Nc1cc(-c2ccc3cc(C)cnn23)ncc1N. The van der Waals surface area contributed by atoms with Gasteiger partial charge in [0, 0.05) is 13.2 Å². The second-order valence-corrected chi connectivity index (χ2v) is 5.75. The summed E-state index contributed by atoms with van der Waals surface area (Å²) in [6.07, 6.45) is 3.51. The third-order valence-electron chi connectivity index (χ3n) is 3.65. The lowest BCUT2D eigenvalue weighted by Crippen LogP contribution is -2.21. The van der Waals surface area contributed by atoms with Crippen LogP contribution in [0.1, 0.15) is 12.5 Å². The molecule has 120 valence electrons. The van der Waals surface area contributed by atoms with Crippen molar-refractivity contribution in [2.45, 2.75) is 19.9 Å². The van der Waals surface area contributed by atoms with E-state index < -0.39 is 0 Å². The largest absolute Gasteiger partial charge is 0.396 e. The standard InChI is InChI=1S/C17H21N5O/c1-11-6-13-4-5-17(22(13)20-8-11)16-7-15(14(18)9-19-16)21-12(2)10-23-3/h4-9,12H,10,18H2,1-3H3,(H,19,21). The molecule has 0 fully saturated rings. The molecule has 0 amide bonds. The summed E-state index contributed by atoms with van der Waals surface area (Å²) >= 11 is 0. The van der Waals surface area contributed by atoms with E-state index in [9.17, 15) is 0 Å². The van der Waals surface area contributed by atoms with Crippen LogP contribution in [0.25, 0.3) is 16.9 Å². The summed E-state index contributed by atoms with van der Waals surface area (Å²) < 4.78 is 7.04. The maximum atomic E-state index is 6.03. The van der Waals surface area contributed by atoms with Crippen molar-refractivity contribution in [1.29, 1.82) is 0 Å². The molecule has 1 atom stereocenters. The number of anilines is 2. The quantitative estimate of drug-likeness (QED) is 0.757. The van der Waals surface area contributed by atoms with Gasteiger partial charge in [-0.25, -0.2) is 4.52 Å². The Morgan fingerprint density at radius 1 is 1.30 bits per heavy atom. The number of nitrogens with two attached hydrogens (primary N) is 1. The Morgan fingerprint density at radius 2 is 2.13 bits per heavy atom. The summed E-state index contributed by atoms with van der Waals surface area (Å²) in [6.45, 7) is 4.67. The van der Waals surface area contributed by atoms with E-state index in [1.54, 1.807) is 13.3 Å². The molecule has 0 radical (unpaired) electrons. The van der Waals surface area contributed by atoms with Crippen molar-refractivity contribution < 1.29 is 4.74 Å². The van der Waals surface area contributed by atoms with Gasteiger partial charge in [-0.1, -0.05) is 0 Å². The van der Waals surface area contributed by atoms with E-state index >= 15 is 0 Å². The van der Waals surface area contributed by atoms with E-state index in [0.717, 1.165) is 28.2 Å². The number of aromatic nitrogens is 3. The van der Waals surface area contributed by atoms with Gasteiger partial charge in [0.05, 0.1) is 47.3 Å². The lowest BCUT2D eigenvalue weighted by atomic mass is 10.2. The van der Waals surface area contributed by atoms with Gasteiger partial charge in [0.2, 0.25) is 0 Å². The molecule has 23 heavy (non-hydrogen) atoms. The van der Waals surface area contributed by atoms with Crippen LogP contribution in [0.4, 0.5) is 11.4 Å². The molecule has 3 N–H and O–H groups in total. The molecule has 0 aliphatic carbocycles. The van der Waals surface area contributed by atoms with Crippen molar-refractivity contribution in [1.82, 2.24) is 14.6 Å². The molecule has 0 saturated heterocycles. The van der Waals surface area contributed by atoms with Crippen molar-refractivity contribution >= 4 is 16.9 Å². The zero-order valence-electron chi connectivity index (χ0n) is 13.6. The minimum absolute atomic E-state index is 0.155. The van der Waals surface area contributed by atoms with Crippen molar-refractivity contribution in [2.75, 3.05) is 24.8 Å². The van der Waals surface area contributed by atoms with Crippen LogP contribution in [-0.4, -0.2) is 34.4 Å². The smallest absolute Gasteiger partial charge is 0.0910 e. The molecule has 6 heteroatoms. The van der Waals surface area contributed by atoms with Gasteiger partial charge in [0.1, 0.15) is 0 Å². The van der Waals surface area contributed by atoms with Crippen LogP contribution in [0.5, 0.6) is 0 Å². The number of hydrogen-bond donors (Lipinski definition) is 2. The number of hydrogen-bond acceptors (Lipinski definition) is 5. The van der Waals surface area contributed by atoms with Gasteiger partial charge in [0.25, 0.3) is 0 Å². The first-order chi connectivity index (χ1) is 11.1. The van der Waals surface area contributed by atoms with Crippen molar-refractivity contribution in [2.24, 2.45) is 0 Å². The van der Waals surface area contributed by atoms with Crippen molar-refractivity contribution in [3.63, 3.8) is 0 Å². The fourth-order valence-electron chi connectivity index (χ4n) is 2.58. The Bertz CT molecular complexity index is 827. The van der Waals surface area contributed by atoms with Gasteiger partial charge in [-0.3, -0.25) is 4.98 Å². The van der Waals surface area contributed by atoms with E-state index in [1.807, 2.05) is 42.8 Å². The fourth-order valence-corrected chi connectivity index (χ4v) is 2.58. The fraction of sp³-hybridized carbons (Fsp3) is 0.294. The van der Waals surface area contributed by atoms with Gasteiger partial charge in [-0.2, -0.15) is 5.10 Å². The van der Waals surface area contributed by atoms with Crippen LogP contribution in [0.3, 0.4) is 0 Å². The maximum Gasteiger partial charge on any atom is 0.0910 e. The van der Waals surface area contributed by atoms with E-state index in [1.165, 1.54) is 0 Å². The number of pyridine rings is 1. The van der Waals surface area contributed by atoms with Crippen LogP contribution in [0.15, 0.2) is 36.7 Å². The Hall–Kier alpha value is -2.60. The first kappa shape index (κ1) is 15.3. The Morgan fingerprint density at radius 3 is 2.91 bits per heavy atom. The Labute approximate surface area is 135 Å². The number of aryl methyl sites for hydroxylation is 1. The molecule has 0 aliphatic rings. The van der Waals surface area contributed by atoms with E-state index in [-0.39, 0.29) is 6.04 Å². The van der Waals surface area contributed by atoms with Gasteiger partial charge in [0.15, 0.2) is 0 Å². The van der Waals surface area contributed by atoms with Crippen molar-refractivity contribution in [3.8, 4) is 11.4 Å². The average Bonchev–Trinajstić information content (AvgIpc) is 2.92. The number of fused-ring (bicyclic) bond motifs is 1. The van der Waals surface area contributed by atoms with Crippen LogP contribution in [-0.2, 0) is 4.74 Å². The molecule has 6 nitrogen and oxygen atoms in total. The number of ether oxygens (including phenoxy) is 1. The second-order valence-electron chi connectivity index (χ2n) is 5.75. The predicted molar refractivity (Wildman–Crippen MR) is 92.5 cm³/mol. The Balaban J connectivity index is 1.99. The monoisotopic (exact) mass is 311 g/mol. The highest BCUT2D eigenvalue weighted by Gasteiger charge is 2.11. The molecule has 0 spiro atoms. The first-order valence-electron chi connectivity index (χ1n) is 7.54. The van der Waals surface area contributed by atoms with Crippen LogP contribution in [0, 0.1) is 6.92 Å². The van der Waals surface area contributed by atoms with E-state index in [2.05, 4.69) is 21.5 Å². The van der Waals surface area contributed by atoms with Crippen LogP contribution in [0.2, 0.25) is 0 Å². The predicted octanol–water partition coefficient (Wildman–Crippen LogP) is 2.73. The molecule has 0 aliphatic heterocycles. The molecule has 3 heterocycles. The van der Waals surface area contributed by atoms with Gasteiger partial charge < -0.3 is 15.8 Å². The molecule has 0 saturated carbocycles. The summed E-state index contributed by atoms with van der Waals surface area (Å²) in [5, 5.41) is 7.82. The van der Waals surface area contributed by atoms with Crippen molar-refractivity contribution in [3.05, 3.63) is 42.2 Å². The highest BCUT2D eigenvalue weighted by molar-refractivity contribution is 5.73. The number of methoxy groups -OCH3 is 1. The maximum absolute atomic E-state index is 6.03. The zero-order valence-corrected chi connectivity index (χ0v) is 13.6. The summed E-state index contributed by atoms with van der Waals surface area (Å²) in [5.74, 6) is 0. The lowest BCUT2D eigenvalue weighted by Gasteiger charge is -2.16. The van der Waals surface area contributed by atoms with Crippen LogP contribution >= 0.6 is 0 Å². The highest BCUT2D eigenvalue weighted by atomic mass is 16.5. The number of nitrogens with one attached hydrogen (secondary N) is 1. The molecule has 0 aromatic carbocycles. The molecular weight excluding hydrogens is 290 g/mol. The zero-order chi connectivity index (χ0) is 16.4. The lowest BCUT2D eigenvalue weighted by molar-refractivity contribution is 0.190. The highest BCUT2D eigenvalue weighted by Crippen LogP contribution is 2.26. The summed E-state index contributed by atoms with van der Waals surface area (Å²) in [6, 6.07) is 8.25. The minimum atomic E-state index is 0.155. The number of rotatable bonds is 5. The number of nitrogen functional groups attached to an aromatic ring is 1. The molecule has 0 bridgehead atoms. The molecule has 1 unspecified atom stereocenters. The second kappa shape index (κ2) is 6.26. The number of nitrogens with zero attached hydrogens (tertiary/aromatic N) is 3. The van der Waals surface area contributed by atoms with Gasteiger partial charge in [-0.15, -0.1) is 0 Å².